The van der Waals surface area contributed by atoms with Crippen LogP contribution in [-0.4, -0.2) is 17.5 Å². The first kappa shape index (κ1) is 17.7. The maximum Gasteiger partial charge on any atom is 0.349 e. The summed E-state index contributed by atoms with van der Waals surface area (Å²) >= 11 is 0. The van der Waals surface area contributed by atoms with Gasteiger partial charge in [0.1, 0.15) is 11.2 Å². The lowest BCUT2D eigenvalue weighted by molar-refractivity contribution is -0.275. The zero-order valence-corrected chi connectivity index (χ0v) is 14.2. The van der Waals surface area contributed by atoms with Crippen LogP contribution in [0.2, 0.25) is 0 Å². The Bertz CT molecular complexity index is 729. The number of rotatable bonds is 4. The number of aryl methyl sites for hydroxylation is 1. The number of carbonyl (C=O) groups is 2. The van der Waals surface area contributed by atoms with Crippen LogP contribution in [0.25, 0.3) is 0 Å². The van der Waals surface area contributed by atoms with Crippen LogP contribution in [0, 0.1) is 6.92 Å². The number of hydrogen-bond acceptors (Lipinski definition) is 5. The third-order valence-corrected chi connectivity index (χ3v) is 3.00. The minimum atomic E-state index is -0.792. The predicted molar refractivity (Wildman–Crippen MR) is 88.8 cm³/mol. The first-order valence-corrected chi connectivity index (χ1v) is 7.55. The van der Waals surface area contributed by atoms with E-state index in [1.165, 1.54) is 6.07 Å². The number of carbonyl (C=O) groups excluding carboxylic acids is 2. The Labute approximate surface area is 141 Å². The molecule has 0 heterocycles. The molecule has 2 rings (SSSR count). The van der Waals surface area contributed by atoms with Gasteiger partial charge in [0, 0.05) is 0 Å². The van der Waals surface area contributed by atoms with Gasteiger partial charge in [-0.05, 0) is 51.5 Å². The Kier molecular flexibility index (Phi) is 5.36. The van der Waals surface area contributed by atoms with Crippen LogP contribution in [0.5, 0.6) is 5.75 Å². The summed E-state index contributed by atoms with van der Waals surface area (Å²) in [6, 6.07) is 13.3. The standard InChI is InChI=1S/C19H20O5/c1-13-9-8-12-15(16(13)23-24-19(2,3)4)18(21)22-17(20)14-10-6-5-7-11-14/h5-12H,1-4H3. The van der Waals surface area contributed by atoms with Crippen LogP contribution < -0.4 is 4.89 Å². The smallest absolute Gasteiger partial charge is 0.349 e. The predicted octanol–water partition coefficient (Wildman–Crippen LogP) is 4.10. The van der Waals surface area contributed by atoms with Crippen LogP contribution in [0.1, 0.15) is 47.1 Å². The fourth-order valence-corrected chi connectivity index (χ4v) is 1.86. The maximum atomic E-state index is 12.3. The summed E-state index contributed by atoms with van der Waals surface area (Å²) < 4.78 is 4.94. The molecule has 0 spiro atoms. The largest absolute Gasteiger partial charge is 0.386 e. The van der Waals surface area contributed by atoms with Gasteiger partial charge in [0.15, 0.2) is 5.75 Å². The van der Waals surface area contributed by atoms with Crippen molar-refractivity contribution in [1.82, 2.24) is 0 Å². The number of benzene rings is 2. The van der Waals surface area contributed by atoms with E-state index >= 15 is 0 Å². The van der Waals surface area contributed by atoms with Crippen LogP contribution in [0.15, 0.2) is 48.5 Å². The minimum Gasteiger partial charge on any atom is -0.386 e. The van der Waals surface area contributed by atoms with Crippen LogP contribution in [0.4, 0.5) is 0 Å². The fraction of sp³-hybridized carbons (Fsp3) is 0.263. The molecule has 0 saturated carbocycles. The Morgan fingerprint density at radius 2 is 1.54 bits per heavy atom. The zero-order chi connectivity index (χ0) is 17.7. The van der Waals surface area contributed by atoms with Gasteiger partial charge in [-0.15, -0.1) is 0 Å². The molecule has 5 nitrogen and oxygen atoms in total. The Hall–Kier alpha value is -2.66. The highest BCUT2D eigenvalue weighted by atomic mass is 17.2. The molecule has 0 N–H and O–H groups in total. The highest BCUT2D eigenvalue weighted by molar-refractivity contribution is 6.03. The third-order valence-electron chi connectivity index (χ3n) is 3.00. The van der Waals surface area contributed by atoms with Crippen molar-refractivity contribution in [1.29, 1.82) is 0 Å². The van der Waals surface area contributed by atoms with Crippen molar-refractivity contribution in [2.75, 3.05) is 0 Å². The van der Waals surface area contributed by atoms with E-state index in [0.717, 1.165) is 0 Å². The van der Waals surface area contributed by atoms with Gasteiger partial charge >= 0.3 is 11.9 Å². The zero-order valence-electron chi connectivity index (χ0n) is 14.2. The fourth-order valence-electron chi connectivity index (χ4n) is 1.86. The second kappa shape index (κ2) is 7.27. The number of para-hydroxylation sites is 1. The van der Waals surface area contributed by atoms with Gasteiger partial charge in [-0.1, -0.05) is 30.3 Å². The summed E-state index contributed by atoms with van der Waals surface area (Å²) in [5.41, 5.74) is 0.569. The van der Waals surface area contributed by atoms with Gasteiger partial charge in [-0.2, -0.15) is 4.89 Å². The van der Waals surface area contributed by atoms with Crippen molar-refractivity contribution >= 4 is 11.9 Å². The molecule has 0 unspecified atom stereocenters. The Balaban J connectivity index is 2.20. The number of hydrogen-bond donors (Lipinski definition) is 0. The van der Waals surface area contributed by atoms with E-state index in [2.05, 4.69) is 0 Å². The molecule has 0 saturated heterocycles. The quantitative estimate of drug-likeness (QED) is 0.366. The monoisotopic (exact) mass is 328 g/mol. The SMILES string of the molecule is Cc1cccc(C(=O)OC(=O)c2ccccc2)c1OOC(C)(C)C. The summed E-state index contributed by atoms with van der Waals surface area (Å²) in [5, 5.41) is 0. The average molecular weight is 328 g/mol. The molecule has 0 fully saturated rings. The molecule has 0 aromatic heterocycles. The van der Waals surface area contributed by atoms with E-state index in [4.69, 9.17) is 14.5 Å². The molecule has 0 amide bonds. The lowest BCUT2D eigenvalue weighted by Crippen LogP contribution is -2.22. The van der Waals surface area contributed by atoms with Crippen molar-refractivity contribution in [3.63, 3.8) is 0 Å². The maximum absolute atomic E-state index is 12.3. The highest BCUT2D eigenvalue weighted by Crippen LogP contribution is 2.26. The molecule has 2 aromatic rings. The molecule has 0 atom stereocenters. The van der Waals surface area contributed by atoms with Gasteiger partial charge in [0.25, 0.3) is 0 Å². The second-order valence-electron chi connectivity index (χ2n) is 6.27. The normalized spacial score (nSPS) is 11.0. The Morgan fingerprint density at radius 3 is 2.17 bits per heavy atom. The topological polar surface area (TPSA) is 61.8 Å². The second-order valence-corrected chi connectivity index (χ2v) is 6.27. The first-order chi connectivity index (χ1) is 11.3. The summed E-state index contributed by atoms with van der Waals surface area (Å²) in [4.78, 5) is 35.0. The van der Waals surface area contributed by atoms with Gasteiger partial charge in [-0.3, -0.25) is 0 Å². The van der Waals surface area contributed by atoms with Crippen molar-refractivity contribution in [3.8, 4) is 5.75 Å². The number of ether oxygens (including phenoxy) is 1. The van der Waals surface area contributed by atoms with E-state index in [9.17, 15) is 9.59 Å². The van der Waals surface area contributed by atoms with E-state index in [1.54, 1.807) is 49.4 Å². The van der Waals surface area contributed by atoms with Gasteiger partial charge in [0.2, 0.25) is 0 Å². The molecule has 0 radical (unpaired) electrons. The number of esters is 2. The van der Waals surface area contributed by atoms with Gasteiger partial charge in [-0.25, -0.2) is 9.59 Å². The molecule has 126 valence electrons. The Morgan fingerprint density at radius 1 is 0.875 bits per heavy atom. The third kappa shape index (κ3) is 4.67. The van der Waals surface area contributed by atoms with E-state index in [0.29, 0.717) is 11.1 Å². The molecule has 0 aliphatic rings. The van der Waals surface area contributed by atoms with Gasteiger partial charge < -0.3 is 9.62 Å². The summed E-state index contributed by atoms with van der Waals surface area (Å²) in [6.45, 7) is 7.24. The minimum absolute atomic E-state index is 0.128. The molecular weight excluding hydrogens is 308 g/mol. The lowest BCUT2D eigenvalue weighted by atomic mass is 10.1. The molecule has 5 heteroatoms. The summed E-state index contributed by atoms with van der Waals surface area (Å²) in [6.07, 6.45) is 0. The summed E-state index contributed by atoms with van der Waals surface area (Å²) in [5.74, 6) is -1.27. The van der Waals surface area contributed by atoms with E-state index in [1.807, 2.05) is 20.8 Å². The lowest BCUT2D eigenvalue weighted by Gasteiger charge is -2.19. The summed E-state index contributed by atoms with van der Waals surface area (Å²) in [7, 11) is 0. The van der Waals surface area contributed by atoms with Crippen molar-refractivity contribution in [3.05, 3.63) is 65.2 Å². The molecule has 0 aliphatic heterocycles. The molecule has 2 aromatic carbocycles. The van der Waals surface area contributed by atoms with E-state index in [-0.39, 0.29) is 11.3 Å². The molecule has 0 aliphatic carbocycles. The van der Waals surface area contributed by atoms with Crippen molar-refractivity contribution < 1.29 is 24.1 Å². The van der Waals surface area contributed by atoms with Gasteiger partial charge in [0.05, 0.1) is 5.56 Å². The van der Waals surface area contributed by atoms with Crippen LogP contribution >= 0.6 is 0 Å². The molecular formula is C19H20O5. The van der Waals surface area contributed by atoms with Crippen LogP contribution in [-0.2, 0) is 9.62 Å². The van der Waals surface area contributed by atoms with Crippen LogP contribution in [0.3, 0.4) is 0 Å². The highest BCUT2D eigenvalue weighted by Gasteiger charge is 2.22. The molecule has 0 bridgehead atoms. The molecule has 24 heavy (non-hydrogen) atoms. The average Bonchev–Trinajstić information content (AvgIpc) is 2.53. The first-order valence-electron chi connectivity index (χ1n) is 7.55. The van der Waals surface area contributed by atoms with Crippen molar-refractivity contribution in [2.45, 2.75) is 33.3 Å². The van der Waals surface area contributed by atoms with E-state index < -0.39 is 17.5 Å². The van der Waals surface area contributed by atoms with Crippen molar-refractivity contribution in [2.24, 2.45) is 0 Å².